The zero-order chi connectivity index (χ0) is 19.7. The minimum Gasteiger partial charge on any atom is -0.394 e. The van der Waals surface area contributed by atoms with Crippen LogP contribution in [0.5, 0.6) is 0 Å². The topological polar surface area (TPSA) is 67.2 Å². The first kappa shape index (κ1) is 19.9. The van der Waals surface area contributed by atoms with Crippen LogP contribution < -0.4 is 5.32 Å². The molecule has 2 N–H and O–H groups in total. The number of carbonyl (C=O) groups excluding carboxylic acids is 1. The van der Waals surface area contributed by atoms with Crippen LogP contribution in [-0.4, -0.2) is 32.9 Å². The molecule has 1 aromatic carbocycles. The van der Waals surface area contributed by atoms with Crippen molar-refractivity contribution in [1.29, 1.82) is 0 Å². The molecule has 0 aliphatic heterocycles. The van der Waals surface area contributed by atoms with E-state index in [0.717, 1.165) is 17.4 Å². The molecule has 0 saturated heterocycles. The smallest absolute Gasteiger partial charge is 0.272 e. The summed E-state index contributed by atoms with van der Waals surface area (Å²) in [6.45, 7) is 8.68. The van der Waals surface area contributed by atoms with E-state index in [9.17, 15) is 9.90 Å². The van der Waals surface area contributed by atoms with Gasteiger partial charge in [-0.1, -0.05) is 58.2 Å². The molecule has 5 nitrogen and oxygen atoms in total. The fourth-order valence-electron chi connectivity index (χ4n) is 3.82. The second kappa shape index (κ2) is 7.63. The highest BCUT2D eigenvalue weighted by atomic mass is 16.3. The lowest BCUT2D eigenvalue weighted by molar-refractivity contribution is 0.0575. The number of hydrogen-bond donors (Lipinski definition) is 2. The molecule has 0 bridgehead atoms. The molecule has 1 saturated carbocycles. The third kappa shape index (κ3) is 4.03. The van der Waals surface area contributed by atoms with Crippen LogP contribution >= 0.6 is 0 Å². The van der Waals surface area contributed by atoms with Gasteiger partial charge >= 0.3 is 0 Å². The summed E-state index contributed by atoms with van der Waals surface area (Å²) in [5.41, 5.74) is 0.455. The van der Waals surface area contributed by atoms with Crippen molar-refractivity contribution in [1.82, 2.24) is 15.1 Å². The van der Waals surface area contributed by atoms with Crippen molar-refractivity contribution in [3.8, 4) is 0 Å². The lowest BCUT2D eigenvalue weighted by Gasteiger charge is -2.41. The summed E-state index contributed by atoms with van der Waals surface area (Å²) in [4.78, 5) is 13.1. The van der Waals surface area contributed by atoms with Crippen LogP contribution in [0.15, 0.2) is 24.3 Å². The lowest BCUT2D eigenvalue weighted by Crippen LogP contribution is -2.57. The summed E-state index contributed by atoms with van der Waals surface area (Å²) in [6.07, 6.45) is 6.39. The molecule has 1 atom stereocenters. The van der Waals surface area contributed by atoms with E-state index in [2.05, 4.69) is 5.32 Å². The Morgan fingerprint density at radius 2 is 1.85 bits per heavy atom. The van der Waals surface area contributed by atoms with Crippen LogP contribution in [-0.2, 0) is 6.54 Å². The Labute approximate surface area is 162 Å². The zero-order valence-corrected chi connectivity index (χ0v) is 17.1. The molecule has 1 heterocycles. The monoisotopic (exact) mass is 371 g/mol. The van der Waals surface area contributed by atoms with Gasteiger partial charge in [0.2, 0.25) is 0 Å². The Bertz CT molecular complexity index is 799. The zero-order valence-electron chi connectivity index (χ0n) is 17.1. The normalized spacial score (nSPS) is 18.4. The largest absolute Gasteiger partial charge is 0.394 e. The minimum absolute atomic E-state index is 0.122. The van der Waals surface area contributed by atoms with Gasteiger partial charge in [0, 0.05) is 11.9 Å². The lowest BCUT2D eigenvalue weighted by atomic mass is 9.75. The number of fused-ring (bicyclic) bond motifs is 1. The van der Waals surface area contributed by atoms with E-state index in [0.29, 0.717) is 11.6 Å². The highest BCUT2D eigenvalue weighted by molar-refractivity contribution is 6.05. The third-order valence-electron chi connectivity index (χ3n) is 6.39. The highest BCUT2D eigenvalue weighted by Crippen LogP contribution is 2.31. The predicted octanol–water partition coefficient (Wildman–Crippen LogP) is 4.14. The van der Waals surface area contributed by atoms with E-state index >= 15 is 0 Å². The molecule has 27 heavy (non-hydrogen) atoms. The van der Waals surface area contributed by atoms with Gasteiger partial charge in [-0.15, -0.1) is 0 Å². The van der Waals surface area contributed by atoms with E-state index in [1.54, 1.807) is 0 Å². The quantitative estimate of drug-likeness (QED) is 0.830. The number of amides is 1. The molecule has 1 amide bonds. The van der Waals surface area contributed by atoms with E-state index in [1.807, 2.05) is 56.6 Å². The van der Waals surface area contributed by atoms with Crippen LogP contribution in [0, 0.1) is 11.3 Å². The number of hydrogen-bond acceptors (Lipinski definition) is 3. The van der Waals surface area contributed by atoms with E-state index in [-0.39, 0.29) is 17.9 Å². The van der Waals surface area contributed by atoms with E-state index in [4.69, 9.17) is 5.10 Å². The predicted molar refractivity (Wildman–Crippen MR) is 109 cm³/mol. The van der Waals surface area contributed by atoms with Crippen molar-refractivity contribution < 1.29 is 9.90 Å². The molecule has 0 radical (unpaired) electrons. The van der Waals surface area contributed by atoms with Gasteiger partial charge in [-0.05, 0) is 37.2 Å². The molecule has 0 spiro atoms. The average molecular weight is 372 g/mol. The van der Waals surface area contributed by atoms with Crippen LogP contribution in [0.4, 0.5) is 0 Å². The molecule has 1 aliphatic rings. The van der Waals surface area contributed by atoms with Gasteiger partial charge in [0.05, 0.1) is 17.7 Å². The highest BCUT2D eigenvalue weighted by Gasteiger charge is 2.39. The Kier molecular flexibility index (Phi) is 5.61. The van der Waals surface area contributed by atoms with Gasteiger partial charge in [0.25, 0.3) is 5.91 Å². The second-order valence-corrected chi connectivity index (χ2v) is 9.25. The fourth-order valence-corrected chi connectivity index (χ4v) is 3.82. The summed E-state index contributed by atoms with van der Waals surface area (Å²) >= 11 is 0. The standard InChI is InChI=1S/C22H33N3O2/c1-21(2,3)22(4,15-26)23-20(27)19-17-12-8-9-13-18(17)25(24-19)14-16-10-6-5-7-11-16/h8-9,12-13,16,26H,5-7,10-11,14-15H2,1-4H3,(H,23,27)/t22-/m1/s1. The molecule has 1 aliphatic carbocycles. The first-order valence-electron chi connectivity index (χ1n) is 10.1. The number of carbonyl (C=O) groups is 1. The van der Waals surface area contributed by atoms with Crippen molar-refractivity contribution in [3.63, 3.8) is 0 Å². The van der Waals surface area contributed by atoms with Gasteiger partial charge in [0.15, 0.2) is 5.69 Å². The van der Waals surface area contributed by atoms with Crippen molar-refractivity contribution in [2.45, 2.75) is 71.9 Å². The summed E-state index contributed by atoms with van der Waals surface area (Å²) < 4.78 is 2.01. The average Bonchev–Trinajstić information content (AvgIpc) is 3.00. The number of nitrogens with zero attached hydrogens (tertiary/aromatic N) is 2. The van der Waals surface area contributed by atoms with Crippen molar-refractivity contribution in [2.24, 2.45) is 11.3 Å². The van der Waals surface area contributed by atoms with Crippen LogP contribution in [0.3, 0.4) is 0 Å². The van der Waals surface area contributed by atoms with Crippen LogP contribution in [0.25, 0.3) is 10.9 Å². The Morgan fingerprint density at radius 1 is 1.19 bits per heavy atom. The summed E-state index contributed by atoms with van der Waals surface area (Å²) in [6, 6.07) is 7.94. The Hall–Kier alpha value is -1.88. The summed E-state index contributed by atoms with van der Waals surface area (Å²) in [5, 5.41) is 18.5. The number of rotatable bonds is 5. The van der Waals surface area contributed by atoms with Gasteiger partial charge in [-0.3, -0.25) is 9.48 Å². The van der Waals surface area contributed by atoms with Gasteiger partial charge in [-0.25, -0.2) is 0 Å². The van der Waals surface area contributed by atoms with E-state index < -0.39 is 5.54 Å². The van der Waals surface area contributed by atoms with Crippen molar-refractivity contribution in [2.75, 3.05) is 6.61 Å². The number of aliphatic hydroxyl groups is 1. The number of aromatic nitrogens is 2. The molecular weight excluding hydrogens is 338 g/mol. The Morgan fingerprint density at radius 3 is 2.48 bits per heavy atom. The van der Waals surface area contributed by atoms with Gasteiger partial charge in [0.1, 0.15) is 0 Å². The molecular formula is C22H33N3O2. The number of para-hydroxylation sites is 1. The maximum Gasteiger partial charge on any atom is 0.272 e. The van der Waals surface area contributed by atoms with Gasteiger partial charge in [-0.2, -0.15) is 5.10 Å². The maximum atomic E-state index is 13.1. The summed E-state index contributed by atoms with van der Waals surface area (Å²) in [5.74, 6) is 0.412. The number of benzene rings is 1. The SMILES string of the molecule is CC(C)(C)[C@@](C)(CO)NC(=O)c1nn(CC2CCCCC2)c2ccccc12. The molecule has 3 rings (SSSR count). The second-order valence-electron chi connectivity index (χ2n) is 9.25. The number of nitrogens with one attached hydrogen (secondary N) is 1. The first-order valence-corrected chi connectivity index (χ1v) is 10.1. The maximum absolute atomic E-state index is 13.1. The minimum atomic E-state index is -0.724. The van der Waals surface area contributed by atoms with Gasteiger partial charge < -0.3 is 10.4 Å². The molecule has 1 aromatic heterocycles. The fraction of sp³-hybridized carbons (Fsp3) is 0.636. The first-order chi connectivity index (χ1) is 12.7. The third-order valence-corrected chi connectivity index (χ3v) is 6.39. The van der Waals surface area contributed by atoms with Crippen LogP contribution in [0.1, 0.15) is 70.3 Å². The Balaban J connectivity index is 1.91. The van der Waals surface area contributed by atoms with Crippen molar-refractivity contribution >= 4 is 16.8 Å². The summed E-state index contributed by atoms with van der Waals surface area (Å²) in [7, 11) is 0. The van der Waals surface area contributed by atoms with E-state index in [1.165, 1.54) is 32.1 Å². The number of aliphatic hydroxyl groups excluding tert-OH is 1. The molecule has 0 unspecified atom stereocenters. The molecule has 5 heteroatoms. The molecule has 2 aromatic rings. The molecule has 1 fully saturated rings. The van der Waals surface area contributed by atoms with Crippen molar-refractivity contribution in [3.05, 3.63) is 30.0 Å². The molecule has 148 valence electrons. The van der Waals surface area contributed by atoms with Crippen LogP contribution in [0.2, 0.25) is 0 Å².